The van der Waals surface area contributed by atoms with Gasteiger partial charge in [-0.05, 0) is 56.8 Å². The molecule has 2 N–H and O–H groups in total. The Morgan fingerprint density at radius 1 is 0.968 bits per heavy atom. The first kappa shape index (κ1) is 21.8. The average Bonchev–Trinajstić information content (AvgIpc) is 3.08. The first-order chi connectivity index (χ1) is 15.2. The number of benzene rings is 1. The molecule has 4 rings (SSSR count). The lowest BCUT2D eigenvalue weighted by Gasteiger charge is -2.35. The Balaban J connectivity index is 1.52. The van der Waals surface area contributed by atoms with Gasteiger partial charge in [0.2, 0.25) is 5.95 Å². The summed E-state index contributed by atoms with van der Waals surface area (Å²) in [4.78, 5) is 14.6. The van der Waals surface area contributed by atoms with Crippen molar-refractivity contribution in [3.63, 3.8) is 0 Å². The van der Waals surface area contributed by atoms with Gasteiger partial charge in [-0.1, -0.05) is 43.2 Å². The molecule has 0 radical (unpaired) electrons. The summed E-state index contributed by atoms with van der Waals surface area (Å²) < 4.78 is 0. The highest BCUT2D eigenvalue weighted by atomic mass is 32.1. The third-order valence-corrected chi connectivity index (χ3v) is 6.49. The molecule has 2 aliphatic heterocycles. The first-order valence-corrected chi connectivity index (χ1v) is 12.1. The molecular weight excluding hydrogens is 404 g/mol. The molecule has 166 valence electrons. The van der Waals surface area contributed by atoms with Gasteiger partial charge >= 0.3 is 0 Å². The normalized spacial score (nSPS) is 19.6. The number of nitrogens with zero attached hydrogens (tertiary/aromatic N) is 4. The molecule has 6 nitrogen and oxygen atoms in total. The summed E-state index contributed by atoms with van der Waals surface area (Å²) in [5, 5.41) is 7.07. The second-order valence-electron chi connectivity index (χ2n) is 8.64. The topological polar surface area (TPSA) is 56.3 Å². The molecule has 2 fully saturated rings. The smallest absolute Gasteiger partial charge is 0.232 e. The Kier molecular flexibility index (Phi) is 7.57. The van der Waals surface area contributed by atoms with E-state index < -0.39 is 0 Å². The molecule has 7 heteroatoms. The van der Waals surface area contributed by atoms with Crippen LogP contribution in [0.5, 0.6) is 0 Å². The standard InChI is InChI=1S/C24H34N6S/c1-19-11-7-10-16-30(19)22-17-21(29-14-8-2-3-9-15-29)26-23(27-22)28-24(31)25-18-20-12-5-4-6-13-20/h4-6,12-13,17,19H,2-3,7-11,14-16,18H2,1H3,(H2,25,26,27,28,31)/t19-/m0/s1. The summed E-state index contributed by atoms with van der Waals surface area (Å²) in [6, 6.07) is 12.9. The minimum atomic E-state index is 0.497. The van der Waals surface area contributed by atoms with Gasteiger partial charge in [-0.25, -0.2) is 0 Å². The Morgan fingerprint density at radius 2 is 1.68 bits per heavy atom. The van der Waals surface area contributed by atoms with E-state index in [4.69, 9.17) is 22.2 Å². The van der Waals surface area contributed by atoms with Gasteiger partial charge in [0.05, 0.1) is 0 Å². The van der Waals surface area contributed by atoms with E-state index in [1.165, 1.54) is 50.5 Å². The molecule has 2 saturated heterocycles. The molecule has 0 bridgehead atoms. The van der Waals surface area contributed by atoms with Gasteiger partial charge in [-0.2, -0.15) is 9.97 Å². The van der Waals surface area contributed by atoms with Crippen molar-refractivity contribution in [2.24, 2.45) is 0 Å². The summed E-state index contributed by atoms with van der Waals surface area (Å²) in [5.41, 5.74) is 1.19. The van der Waals surface area contributed by atoms with Crippen LogP contribution in [0.1, 0.15) is 57.4 Å². The number of anilines is 3. The third kappa shape index (κ3) is 6.06. The van der Waals surface area contributed by atoms with Gasteiger partial charge < -0.3 is 20.4 Å². The lowest BCUT2D eigenvalue weighted by molar-refractivity contribution is 0.481. The highest BCUT2D eigenvalue weighted by molar-refractivity contribution is 7.80. The van der Waals surface area contributed by atoms with Gasteiger partial charge in [0.15, 0.2) is 5.11 Å². The van der Waals surface area contributed by atoms with Crippen LogP contribution in [0.25, 0.3) is 0 Å². The highest BCUT2D eigenvalue weighted by Gasteiger charge is 2.22. The second kappa shape index (κ2) is 10.8. The van der Waals surface area contributed by atoms with E-state index in [-0.39, 0.29) is 0 Å². The zero-order valence-electron chi connectivity index (χ0n) is 18.5. The van der Waals surface area contributed by atoms with Crippen molar-refractivity contribution >= 4 is 34.9 Å². The van der Waals surface area contributed by atoms with Gasteiger partial charge in [-0.15, -0.1) is 0 Å². The average molecular weight is 439 g/mol. The highest BCUT2D eigenvalue weighted by Crippen LogP contribution is 2.28. The quantitative estimate of drug-likeness (QED) is 0.655. The van der Waals surface area contributed by atoms with E-state index >= 15 is 0 Å². The number of aromatic nitrogens is 2. The van der Waals surface area contributed by atoms with Gasteiger partial charge in [-0.3, -0.25) is 0 Å². The maximum Gasteiger partial charge on any atom is 0.232 e. The Labute approximate surface area is 191 Å². The lowest BCUT2D eigenvalue weighted by Crippen LogP contribution is -2.38. The van der Waals surface area contributed by atoms with Gasteiger partial charge in [0, 0.05) is 38.3 Å². The zero-order valence-corrected chi connectivity index (χ0v) is 19.3. The second-order valence-corrected chi connectivity index (χ2v) is 9.05. The van der Waals surface area contributed by atoms with Crippen molar-refractivity contribution in [3.05, 3.63) is 42.0 Å². The van der Waals surface area contributed by atoms with E-state index in [0.717, 1.165) is 31.3 Å². The van der Waals surface area contributed by atoms with Crippen LogP contribution in [0.2, 0.25) is 0 Å². The molecular formula is C24H34N6S. The van der Waals surface area contributed by atoms with Crippen LogP contribution in [0, 0.1) is 0 Å². The minimum absolute atomic E-state index is 0.497. The van der Waals surface area contributed by atoms with Crippen molar-refractivity contribution in [2.75, 3.05) is 34.8 Å². The Bertz CT molecular complexity index is 850. The molecule has 0 amide bonds. The minimum Gasteiger partial charge on any atom is -0.358 e. The molecule has 2 aromatic rings. The van der Waals surface area contributed by atoms with Crippen molar-refractivity contribution in [2.45, 2.75) is 64.5 Å². The summed E-state index contributed by atoms with van der Waals surface area (Å²) in [6.45, 7) is 6.14. The number of nitrogens with one attached hydrogen (secondary N) is 2. The lowest BCUT2D eigenvalue weighted by atomic mass is 10.0. The van der Waals surface area contributed by atoms with Crippen LogP contribution >= 0.6 is 12.2 Å². The van der Waals surface area contributed by atoms with Crippen LogP contribution in [-0.2, 0) is 6.54 Å². The zero-order chi connectivity index (χ0) is 21.5. The maximum absolute atomic E-state index is 5.55. The molecule has 0 unspecified atom stereocenters. The van der Waals surface area contributed by atoms with Crippen molar-refractivity contribution in [1.82, 2.24) is 15.3 Å². The molecule has 1 aromatic carbocycles. The fourth-order valence-corrected chi connectivity index (χ4v) is 4.61. The van der Waals surface area contributed by atoms with E-state index in [1.807, 2.05) is 18.2 Å². The van der Waals surface area contributed by atoms with E-state index in [9.17, 15) is 0 Å². The van der Waals surface area contributed by atoms with Crippen molar-refractivity contribution in [3.8, 4) is 0 Å². The van der Waals surface area contributed by atoms with E-state index in [0.29, 0.717) is 23.6 Å². The third-order valence-electron chi connectivity index (χ3n) is 6.25. The molecule has 3 heterocycles. The molecule has 0 aliphatic carbocycles. The first-order valence-electron chi connectivity index (χ1n) is 11.7. The van der Waals surface area contributed by atoms with Crippen LogP contribution < -0.4 is 20.4 Å². The fourth-order valence-electron chi connectivity index (χ4n) is 4.45. The number of hydrogen-bond acceptors (Lipinski definition) is 5. The van der Waals surface area contributed by atoms with Crippen LogP contribution in [0.4, 0.5) is 17.6 Å². The van der Waals surface area contributed by atoms with Crippen LogP contribution in [0.15, 0.2) is 36.4 Å². The number of hydrogen-bond donors (Lipinski definition) is 2. The molecule has 31 heavy (non-hydrogen) atoms. The molecule has 0 saturated carbocycles. The Hall–Kier alpha value is -2.41. The summed E-state index contributed by atoms with van der Waals surface area (Å²) in [6.07, 6.45) is 8.77. The monoisotopic (exact) mass is 438 g/mol. The molecule has 0 spiro atoms. The molecule has 2 aliphatic rings. The fraction of sp³-hybridized carbons (Fsp3) is 0.542. The van der Waals surface area contributed by atoms with Crippen molar-refractivity contribution in [1.29, 1.82) is 0 Å². The van der Waals surface area contributed by atoms with Crippen LogP contribution in [0.3, 0.4) is 0 Å². The summed E-state index contributed by atoms with van der Waals surface area (Å²) in [7, 11) is 0. The molecule has 1 atom stereocenters. The van der Waals surface area contributed by atoms with Gasteiger partial charge in [0.1, 0.15) is 11.6 Å². The van der Waals surface area contributed by atoms with E-state index in [1.54, 1.807) is 0 Å². The predicted octanol–water partition coefficient (Wildman–Crippen LogP) is 4.72. The largest absolute Gasteiger partial charge is 0.358 e. The SMILES string of the molecule is C[C@H]1CCCCN1c1cc(N2CCCCCC2)nc(NC(=S)NCc2ccccc2)n1. The summed E-state index contributed by atoms with van der Waals surface area (Å²) in [5.74, 6) is 2.60. The number of piperidine rings is 1. The predicted molar refractivity (Wildman–Crippen MR) is 133 cm³/mol. The Morgan fingerprint density at radius 3 is 2.42 bits per heavy atom. The number of rotatable bonds is 5. The van der Waals surface area contributed by atoms with E-state index in [2.05, 4.69) is 45.6 Å². The van der Waals surface area contributed by atoms with Gasteiger partial charge in [0.25, 0.3) is 0 Å². The summed E-state index contributed by atoms with van der Waals surface area (Å²) >= 11 is 5.55. The molecule has 1 aromatic heterocycles. The maximum atomic E-state index is 5.55. The van der Waals surface area contributed by atoms with Crippen LogP contribution in [-0.4, -0.2) is 40.8 Å². The number of thiocarbonyl (C=S) groups is 1. The van der Waals surface area contributed by atoms with Crippen molar-refractivity contribution < 1.29 is 0 Å².